The Morgan fingerprint density at radius 1 is 1.26 bits per heavy atom. The van der Waals surface area contributed by atoms with Crippen LogP contribution in [0, 0.1) is 5.82 Å². The first-order chi connectivity index (χ1) is 9.04. The van der Waals surface area contributed by atoms with Crippen LogP contribution in [0.1, 0.15) is 33.1 Å². The van der Waals surface area contributed by atoms with Crippen molar-refractivity contribution in [2.45, 2.75) is 38.6 Å². The lowest BCUT2D eigenvalue weighted by Crippen LogP contribution is -2.43. The third-order valence-corrected chi connectivity index (χ3v) is 3.70. The van der Waals surface area contributed by atoms with Gasteiger partial charge in [0.25, 0.3) is 0 Å². The van der Waals surface area contributed by atoms with Gasteiger partial charge >= 0.3 is 0 Å². The summed E-state index contributed by atoms with van der Waals surface area (Å²) in [5.41, 5.74) is 6.62. The molecule has 0 heterocycles. The second-order valence-corrected chi connectivity index (χ2v) is 5.03. The highest BCUT2D eigenvalue weighted by Gasteiger charge is 2.21. The number of nitrogens with zero attached hydrogens (tertiary/aromatic N) is 1. The maximum Gasteiger partial charge on any atom is 0.123 e. The van der Waals surface area contributed by atoms with Gasteiger partial charge in [0.1, 0.15) is 5.82 Å². The highest BCUT2D eigenvalue weighted by atomic mass is 19.1. The standard InChI is InChI=1S/C15H25FN2O/c1-3-15(17,12-19)10-5-11-18(4-2)14-8-6-13(16)7-9-14/h6-9,19H,3-5,10-12,17H2,1-2H3. The van der Waals surface area contributed by atoms with Crippen LogP contribution in [0.3, 0.4) is 0 Å². The molecule has 0 aliphatic carbocycles. The van der Waals surface area contributed by atoms with E-state index in [9.17, 15) is 9.50 Å². The van der Waals surface area contributed by atoms with Gasteiger partial charge in [0.2, 0.25) is 0 Å². The lowest BCUT2D eigenvalue weighted by atomic mass is 9.92. The molecular weight excluding hydrogens is 243 g/mol. The minimum Gasteiger partial charge on any atom is -0.394 e. The smallest absolute Gasteiger partial charge is 0.123 e. The van der Waals surface area contributed by atoms with Crippen LogP contribution in [0.4, 0.5) is 10.1 Å². The second kappa shape index (κ2) is 7.46. The number of hydrogen-bond donors (Lipinski definition) is 2. The van der Waals surface area contributed by atoms with E-state index in [2.05, 4.69) is 11.8 Å². The molecule has 0 saturated heterocycles. The monoisotopic (exact) mass is 268 g/mol. The third kappa shape index (κ3) is 4.80. The molecule has 1 atom stereocenters. The normalized spacial score (nSPS) is 14.2. The molecule has 0 saturated carbocycles. The van der Waals surface area contributed by atoms with E-state index >= 15 is 0 Å². The summed E-state index contributed by atoms with van der Waals surface area (Å²) in [6, 6.07) is 6.54. The average molecular weight is 268 g/mol. The summed E-state index contributed by atoms with van der Waals surface area (Å²) < 4.78 is 12.9. The van der Waals surface area contributed by atoms with Gasteiger partial charge in [0, 0.05) is 24.3 Å². The van der Waals surface area contributed by atoms with Gasteiger partial charge in [0.15, 0.2) is 0 Å². The topological polar surface area (TPSA) is 49.5 Å². The molecule has 3 nitrogen and oxygen atoms in total. The summed E-state index contributed by atoms with van der Waals surface area (Å²) in [4.78, 5) is 2.19. The molecule has 0 amide bonds. The lowest BCUT2D eigenvalue weighted by molar-refractivity contribution is 0.181. The highest BCUT2D eigenvalue weighted by Crippen LogP contribution is 2.18. The van der Waals surface area contributed by atoms with Crippen molar-refractivity contribution in [1.82, 2.24) is 0 Å². The van der Waals surface area contributed by atoms with Crippen LogP contribution in [0.25, 0.3) is 0 Å². The van der Waals surface area contributed by atoms with E-state index < -0.39 is 5.54 Å². The minimum absolute atomic E-state index is 0.0200. The van der Waals surface area contributed by atoms with Crippen molar-refractivity contribution in [3.05, 3.63) is 30.1 Å². The molecule has 19 heavy (non-hydrogen) atoms. The fourth-order valence-electron chi connectivity index (χ4n) is 2.11. The van der Waals surface area contributed by atoms with Gasteiger partial charge in [-0.1, -0.05) is 6.92 Å². The summed E-state index contributed by atoms with van der Waals surface area (Å²) in [5, 5.41) is 9.28. The van der Waals surface area contributed by atoms with E-state index in [-0.39, 0.29) is 12.4 Å². The number of hydrogen-bond acceptors (Lipinski definition) is 3. The summed E-state index contributed by atoms with van der Waals surface area (Å²) in [5.74, 6) is -0.216. The molecule has 4 heteroatoms. The van der Waals surface area contributed by atoms with Gasteiger partial charge in [0.05, 0.1) is 6.61 Å². The molecular formula is C15H25FN2O. The molecule has 0 spiro atoms. The van der Waals surface area contributed by atoms with Crippen LogP contribution < -0.4 is 10.6 Å². The van der Waals surface area contributed by atoms with Crippen molar-refractivity contribution in [3.8, 4) is 0 Å². The minimum atomic E-state index is -0.470. The predicted octanol–water partition coefficient (Wildman–Crippen LogP) is 2.53. The fourth-order valence-corrected chi connectivity index (χ4v) is 2.11. The predicted molar refractivity (Wildman–Crippen MR) is 77.8 cm³/mol. The number of benzene rings is 1. The van der Waals surface area contributed by atoms with Crippen LogP contribution >= 0.6 is 0 Å². The maximum absolute atomic E-state index is 12.9. The first kappa shape index (κ1) is 15.9. The number of rotatable bonds is 8. The largest absolute Gasteiger partial charge is 0.394 e. The number of anilines is 1. The quantitative estimate of drug-likeness (QED) is 0.761. The fraction of sp³-hybridized carbons (Fsp3) is 0.600. The van der Waals surface area contributed by atoms with Crippen LogP contribution in [-0.4, -0.2) is 30.3 Å². The van der Waals surface area contributed by atoms with Crippen molar-refractivity contribution in [1.29, 1.82) is 0 Å². The molecule has 1 aromatic carbocycles. The van der Waals surface area contributed by atoms with E-state index in [1.54, 1.807) is 12.1 Å². The number of aliphatic hydroxyl groups is 1. The van der Waals surface area contributed by atoms with Crippen LogP contribution in [0.15, 0.2) is 24.3 Å². The highest BCUT2D eigenvalue weighted by molar-refractivity contribution is 5.45. The summed E-state index contributed by atoms with van der Waals surface area (Å²) in [6.07, 6.45) is 2.47. The zero-order valence-corrected chi connectivity index (χ0v) is 11.9. The lowest BCUT2D eigenvalue weighted by Gasteiger charge is -2.28. The third-order valence-electron chi connectivity index (χ3n) is 3.70. The Bertz CT molecular complexity index is 363. The number of aliphatic hydroxyl groups excluding tert-OH is 1. The van der Waals surface area contributed by atoms with Crippen LogP contribution in [0.5, 0.6) is 0 Å². The average Bonchev–Trinajstić information content (AvgIpc) is 2.44. The van der Waals surface area contributed by atoms with Crippen molar-refractivity contribution in [2.75, 3.05) is 24.6 Å². The molecule has 0 bridgehead atoms. The summed E-state index contributed by atoms with van der Waals surface area (Å²) >= 11 is 0. The van der Waals surface area contributed by atoms with Gasteiger partial charge in [-0.25, -0.2) is 4.39 Å². The van der Waals surface area contributed by atoms with E-state index in [0.29, 0.717) is 0 Å². The van der Waals surface area contributed by atoms with Crippen LogP contribution in [0.2, 0.25) is 0 Å². The Kier molecular flexibility index (Phi) is 6.25. The second-order valence-electron chi connectivity index (χ2n) is 5.03. The summed E-state index contributed by atoms with van der Waals surface area (Å²) in [7, 11) is 0. The Hall–Kier alpha value is -1.13. The molecule has 0 radical (unpaired) electrons. The van der Waals surface area contributed by atoms with E-state index in [0.717, 1.165) is 38.0 Å². The Balaban J connectivity index is 2.52. The van der Waals surface area contributed by atoms with E-state index in [1.807, 2.05) is 6.92 Å². The first-order valence-electron chi connectivity index (χ1n) is 6.95. The molecule has 1 aromatic rings. The molecule has 108 valence electrons. The van der Waals surface area contributed by atoms with Gasteiger partial charge in [-0.15, -0.1) is 0 Å². The van der Waals surface area contributed by atoms with E-state index in [1.165, 1.54) is 12.1 Å². The molecule has 0 aliphatic heterocycles. The van der Waals surface area contributed by atoms with Gasteiger partial charge in [-0.05, 0) is 50.5 Å². The molecule has 1 unspecified atom stereocenters. The maximum atomic E-state index is 12.9. The molecule has 3 N–H and O–H groups in total. The van der Waals surface area contributed by atoms with Crippen molar-refractivity contribution in [2.24, 2.45) is 5.73 Å². The number of nitrogens with two attached hydrogens (primary N) is 1. The Labute approximate surface area is 115 Å². The Morgan fingerprint density at radius 2 is 1.89 bits per heavy atom. The van der Waals surface area contributed by atoms with Gasteiger partial charge in [-0.2, -0.15) is 0 Å². The molecule has 0 aromatic heterocycles. The van der Waals surface area contributed by atoms with Gasteiger partial charge in [-0.3, -0.25) is 0 Å². The summed E-state index contributed by atoms with van der Waals surface area (Å²) in [6.45, 7) is 5.82. The van der Waals surface area contributed by atoms with Crippen molar-refractivity contribution in [3.63, 3.8) is 0 Å². The van der Waals surface area contributed by atoms with Crippen molar-refractivity contribution >= 4 is 5.69 Å². The molecule has 1 rings (SSSR count). The molecule has 0 aliphatic rings. The van der Waals surface area contributed by atoms with Crippen molar-refractivity contribution < 1.29 is 9.50 Å². The first-order valence-corrected chi connectivity index (χ1v) is 6.95. The molecule has 0 fully saturated rings. The van der Waals surface area contributed by atoms with Gasteiger partial charge < -0.3 is 15.7 Å². The SMILES string of the molecule is CCN(CCCC(N)(CC)CO)c1ccc(F)cc1. The van der Waals surface area contributed by atoms with Crippen LogP contribution in [-0.2, 0) is 0 Å². The number of halogens is 1. The van der Waals surface area contributed by atoms with E-state index in [4.69, 9.17) is 5.73 Å². The Morgan fingerprint density at radius 3 is 2.37 bits per heavy atom. The zero-order chi connectivity index (χ0) is 14.3. The zero-order valence-electron chi connectivity index (χ0n) is 11.9.